The molecule has 1 N–H and O–H groups in total. The molecule has 1 fully saturated rings. The van der Waals surface area contributed by atoms with Crippen molar-refractivity contribution in [1.29, 1.82) is 0 Å². The van der Waals surface area contributed by atoms with E-state index in [0.29, 0.717) is 24.4 Å². The van der Waals surface area contributed by atoms with Crippen molar-refractivity contribution < 1.29 is 19.1 Å². The monoisotopic (exact) mass is 470 g/mol. The highest BCUT2D eigenvalue weighted by atomic mass is 16.7. The molecule has 6 heteroatoms. The second kappa shape index (κ2) is 9.10. The Bertz CT molecular complexity index is 1270. The summed E-state index contributed by atoms with van der Waals surface area (Å²) in [5.74, 6) is 1.45. The molecule has 5 rings (SSSR count). The minimum Gasteiger partial charge on any atom is -0.454 e. The third-order valence-electron chi connectivity index (χ3n) is 7.19. The molecule has 0 radical (unpaired) electrons. The summed E-state index contributed by atoms with van der Waals surface area (Å²) >= 11 is 0. The van der Waals surface area contributed by atoms with E-state index in [1.807, 2.05) is 86.3 Å². The van der Waals surface area contributed by atoms with Crippen LogP contribution in [0.1, 0.15) is 48.2 Å². The normalized spacial score (nSPS) is 14.9. The van der Waals surface area contributed by atoms with Crippen molar-refractivity contribution in [3.8, 4) is 22.6 Å². The van der Waals surface area contributed by atoms with Gasteiger partial charge in [-0.15, -0.1) is 0 Å². The topological polar surface area (TPSA) is 67.9 Å². The van der Waals surface area contributed by atoms with Crippen molar-refractivity contribution in [2.45, 2.75) is 39.0 Å². The molecule has 2 aliphatic rings. The molecule has 180 valence electrons. The van der Waals surface area contributed by atoms with Gasteiger partial charge >= 0.3 is 0 Å². The quantitative estimate of drug-likeness (QED) is 0.492. The number of rotatable bonds is 7. The molecule has 3 aromatic carbocycles. The molecule has 0 unspecified atom stereocenters. The summed E-state index contributed by atoms with van der Waals surface area (Å²) in [5, 5.41) is 3.18. The van der Waals surface area contributed by atoms with Crippen molar-refractivity contribution in [1.82, 2.24) is 4.90 Å². The van der Waals surface area contributed by atoms with Gasteiger partial charge in [0.15, 0.2) is 11.5 Å². The van der Waals surface area contributed by atoms with E-state index in [0.717, 1.165) is 46.5 Å². The molecule has 0 atom stereocenters. The predicted octanol–water partition coefficient (Wildman–Crippen LogP) is 5.54. The third-order valence-corrected chi connectivity index (χ3v) is 7.19. The van der Waals surface area contributed by atoms with Gasteiger partial charge in [0.1, 0.15) is 0 Å². The Labute approximate surface area is 205 Å². The van der Waals surface area contributed by atoms with Crippen LogP contribution in [0.15, 0.2) is 60.7 Å². The van der Waals surface area contributed by atoms with E-state index in [2.05, 4.69) is 5.32 Å². The fourth-order valence-corrected chi connectivity index (χ4v) is 4.78. The standard InChI is InChI=1S/C29H30N2O4/c1-4-31(5-2)27(32)21-11-9-20(10-12-21)23-7-6-8-24(19(23)3)30-28(33)29(15-16-29)22-13-14-25-26(17-22)35-18-34-25/h6-14,17H,4-5,15-16,18H2,1-3H3,(H,30,33). The molecule has 0 bridgehead atoms. The molecule has 0 saturated heterocycles. The molecule has 0 aromatic heterocycles. The highest BCUT2D eigenvalue weighted by Gasteiger charge is 2.51. The highest BCUT2D eigenvalue weighted by molar-refractivity contribution is 6.02. The van der Waals surface area contributed by atoms with Gasteiger partial charge in [-0.2, -0.15) is 0 Å². The Hall–Kier alpha value is -3.80. The average molecular weight is 471 g/mol. The minimum atomic E-state index is -0.532. The van der Waals surface area contributed by atoms with Gasteiger partial charge in [0.05, 0.1) is 5.41 Å². The van der Waals surface area contributed by atoms with Crippen molar-refractivity contribution in [2.75, 3.05) is 25.2 Å². The van der Waals surface area contributed by atoms with E-state index in [1.165, 1.54) is 0 Å². The van der Waals surface area contributed by atoms with Crippen LogP contribution in [0.3, 0.4) is 0 Å². The van der Waals surface area contributed by atoms with Crippen LogP contribution in [0.2, 0.25) is 0 Å². The zero-order valence-corrected chi connectivity index (χ0v) is 20.4. The molecule has 0 spiro atoms. The van der Waals surface area contributed by atoms with Gasteiger partial charge in [-0.05, 0) is 86.2 Å². The van der Waals surface area contributed by atoms with Crippen molar-refractivity contribution in [3.63, 3.8) is 0 Å². The zero-order chi connectivity index (χ0) is 24.6. The van der Waals surface area contributed by atoms with E-state index in [-0.39, 0.29) is 18.6 Å². The number of nitrogens with zero attached hydrogens (tertiary/aromatic N) is 1. The first kappa shape index (κ1) is 23.0. The lowest BCUT2D eigenvalue weighted by Crippen LogP contribution is -2.30. The number of nitrogens with one attached hydrogen (secondary N) is 1. The number of benzene rings is 3. The summed E-state index contributed by atoms with van der Waals surface area (Å²) < 4.78 is 10.9. The number of ether oxygens (including phenoxy) is 2. The van der Waals surface area contributed by atoms with E-state index in [1.54, 1.807) is 0 Å². The summed E-state index contributed by atoms with van der Waals surface area (Å²) in [6, 6.07) is 19.4. The number of anilines is 1. The van der Waals surface area contributed by atoms with Crippen LogP contribution in [0.5, 0.6) is 11.5 Å². The van der Waals surface area contributed by atoms with Gasteiger partial charge in [-0.1, -0.05) is 30.3 Å². The maximum Gasteiger partial charge on any atom is 0.253 e. The van der Waals surface area contributed by atoms with Crippen LogP contribution >= 0.6 is 0 Å². The zero-order valence-electron chi connectivity index (χ0n) is 20.4. The highest BCUT2D eigenvalue weighted by Crippen LogP contribution is 2.51. The van der Waals surface area contributed by atoms with Gasteiger partial charge in [0.2, 0.25) is 12.7 Å². The van der Waals surface area contributed by atoms with E-state index < -0.39 is 5.41 Å². The fraction of sp³-hybridized carbons (Fsp3) is 0.310. The van der Waals surface area contributed by atoms with Crippen LogP contribution in [0.25, 0.3) is 11.1 Å². The van der Waals surface area contributed by atoms with Crippen LogP contribution < -0.4 is 14.8 Å². The van der Waals surface area contributed by atoms with Crippen molar-refractivity contribution >= 4 is 17.5 Å². The molecule has 1 saturated carbocycles. The maximum atomic E-state index is 13.4. The Balaban J connectivity index is 1.36. The summed E-state index contributed by atoms with van der Waals surface area (Å²) in [6.45, 7) is 7.57. The van der Waals surface area contributed by atoms with Crippen molar-refractivity contribution in [3.05, 3.63) is 77.4 Å². The van der Waals surface area contributed by atoms with E-state index in [4.69, 9.17) is 9.47 Å². The summed E-state index contributed by atoms with van der Waals surface area (Å²) in [7, 11) is 0. The molecular weight excluding hydrogens is 440 g/mol. The van der Waals surface area contributed by atoms with Gasteiger partial charge < -0.3 is 19.7 Å². The lowest BCUT2D eigenvalue weighted by atomic mass is 9.93. The third kappa shape index (κ3) is 4.14. The molecule has 3 aromatic rings. The number of carbonyl (C=O) groups excluding carboxylic acids is 2. The predicted molar refractivity (Wildman–Crippen MR) is 136 cm³/mol. The van der Waals surface area contributed by atoms with E-state index in [9.17, 15) is 9.59 Å². The number of hydrogen-bond acceptors (Lipinski definition) is 4. The largest absolute Gasteiger partial charge is 0.454 e. The molecule has 1 aliphatic carbocycles. The molecule has 1 aliphatic heterocycles. The average Bonchev–Trinajstić information content (AvgIpc) is 3.57. The fourth-order valence-electron chi connectivity index (χ4n) is 4.78. The molecular formula is C29H30N2O4. The number of carbonyl (C=O) groups is 2. The summed E-state index contributed by atoms with van der Waals surface area (Å²) in [5.41, 5.74) is 4.92. The number of hydrogen-bond donors (Lipinski definition) is 1. The molecule has 6 nitrogen and oxygen atoms in total. The minimum absolute atomic E-state index is 0.00298. The first-order chi connectivity index (χ1) is 17.0. The summed E-state index contributed by atoms with van der Waals surface area (Å²) in [4.78, 5) is 27.9. The van der Waals surface area contributed by atoms with Gasteiger partial charge in [0, 0.05) is 24.3 Å². The van der Waals surface area contributed by atoms with Crippen LogP contribution in [0, 0.1) is 6.92 Å². The Morgan fingerprint density at radius 2 is 1.66 bits per heavy atom. The SMILES string of the molecule is CCN(CC)C(=O)c1ccc(-c2cccc(NC(=O)C3(c4ccc5c(c4)OCO5)CC3)c2C)cc1. The number of amides is 2. The smallest absolute Gasteiger partial charge is 0.253 e. The summed E-state index contributed by atoms with van der Waals surface area (Å²) in [6.07, 6.45) is 1.61. The molecule has 35 heavy (non-hydrogen) atoms. The lowest BCUT2D eigenvalue weighted by molar-refractivity contribution is -0.118. The second-order valence-electron chi connectivity index (χ2n) is 9.14. The maximum absolute atomic E-state index is 13.4. The molecule has 1 heterocycles. The Morgan fingerprint density at radius 3 is 2.34 bits per heavy atom. The van der Waals surface area contributed by atoms with Crippen LogP contribution in [0.4, 0.5) is 5.69 Å². The van der Waals surface area contributed by atoms with Gasteiger partial charge in [0.25, 0.3) is 5.91 Å². The van der Waals surface area contributed by atoms with Crippen molar-refractivity contribution in [2.24, 2.45) is 0 Å². The Kier molecular flexibility index (Phi) is 5.97. The van der Waals surface area contributed by atoms with Crippen LogP contribution in [-0.4, -0.2) is 36.6 Å². The Morgan fingerprint density at radius 1 is 0.943 bits per heavy atom. The number of fused-ring (bicyclic) bond motifs is 1. The first-order valence-corrected chi connectivity index (χ1v) is 12.2. The van der Waals surface area contributed by atoms with Gasteiger partial charge in [-0.3, -0.25) is 9.59 Å². The van der Waals surface area contributed by atoms with Crippen LogP contribution in [-0.2, 0) is 10.2 Å². The molecule has 2 amide bonds. The lowest BCUT2D eigenvalue weighted by Gasteiger charge is -2.19. The van der Waals surface area contributed by atoms with E-state index >= 15 is 0 Å². The second-order valence-corrected chi connectivity index (χ2v) is 9.14. The first-order valence-electron chi connectivity index (χ1n) is 12.2. The van der Waals surface area contributed by atoms with Gasteiger partial charge in [-0.25, -0.2) is 0 Å².